The number of hydrogen-bond acceptors (Lipinski definition) is 5. The summed E-state index contributed by atoms with van der Waals surface area (Å²) in [4.78, 5) is 36.8. The standard InChI is InChI=1S/C24H22N2O5S/c1-15(22(27)26-19-7-3-6-17(13-19)24(29)30)32-21-11-9-18(10-12-21)25-23(28)16-5-4-8-20(14-16)31-2/h3-15H,1-2H3,(H,25,28)(H,26,27)(H,29,30). The number of thioether (sulfide) groups is 1. The Hall–Kier alpha value is -3.78. The maximum absolute atomic E-state index is 12.5. The zero-order chi connectivity index (χ0) is 23.1. The molecule has 0 aliphatic heterocycles. The minimum absolute atomic E-state index is 0.106. The quantitative estimate of drug-likeness (QED) is 0.427. The van der Waals surface area contributed by atoms with E-state index in [1.54, 1.807) is 62.6 Å². The molecule has 0 radical (unpaired) electrons. The molecular formula is C24H22N2O5S. The second kappa shape index (κ2) is 10.5. The number of carboxylic acids is 1. The van der Waals surface area contributed by atoms with Crippen LogP contribution in [0.1, 0.15) is 27.6 Å². The van der Waals surface area contributed by atoms with Crippen LogP contribution in [0.3, 0.4) is 0 Å². The molecule has 0 saturated carbocycles. The summed E-state index contributed by atoms with van der Waals surface area (Å²) in [5.41, 5.74) is 1.65. The Balaban J connectivity index is 1.57. The van der Waals surface area contributed by atoms with E-state index in [0.29, 0.717) is 22.7 Å². The summed E-state index contributed by atoms with van der Waals surface area (Å²) in [5.74, 6) is -0.943. The first-order valence-electron chi connectivity index (χ1n) is 9.72. The third kappa shape index (κ3) is 6.12. The van der Waals surface area contributed by atoms with Crippen molar-refractivity contribution in [2.24, 2.45) is 0 Å². The minimum atomic E-state index is -1.05. The number of amides is 2. The number of ether oxygens (including phenoxy) is 1. The number of carbonyl (C=O) groups excluding carboxylic acids is 2. The summed E-state index contributed by atoms with van der Waals surface area (Å²) in [7, 11) is 1.54. The summed E-state index contributed by atoms with van der Waals surface area (Å²) >= 11 is 1.35. The molecule has 0 aliphatic rings. The third-order valence-electron chi connectivity index (χ3n) is 4.50. The fourth-order valence-electron chi connectivity index (χ4n) is 2.82. The fourth-order valence-corrected chi connectivity index (χ4v) is 3.68. The number of aromatic carboxylic acids is 1. The second-order valence-corrected chi connectivity index (χ2v) is 8.26. The van der Waals surface area contributed by atoms with Crippen molar-refractivity contribution >= 4 is 40.9 Å². The highest BCUT2D eigenvalue weighted by Crippen LogP contribution is 2.26. The van der Waals surface area contributed by atoms with E-state index in [9.17, 15) is 14.4 Å². The molecule has 0 bridgehead atoms. The number of rotatable bonds is 8. The molecule has 3 aromatic carbocycles. The molecule has 3 N–H and O–H groups in total. The van der Waals surface area contributed by atoms with E-state index in [1.807, 2.05) is 12.1 Å². The van der Waals surface area contributed by atoms with Crippen LogP contribution in [-0.2, 0) is 4.79 Å². The number of carbonyl (C=O) groups is 3. The lowest BCUT2D eigenvalue weighted by Crippen LogP contribution is -2.22. The highest BCUT2D eigenvalue weighted by molar-refractivity contribution is 8.00. The Bertz CT molecular complexity index is 1130. The number of methoxy groups -OCH3 is 1. The molecule has 3 aromatic rings. The Morgan fingerprint density at radius 3 is 2.25 bits per heavy atom. The van der Waals surface area contributed by atoms with E-state index in [-0.39, 0.29) is 17.4 Å². The predicted molar refractivity (Wildman–Crippen MR) is 125 cm³/mol. The number of nitrogens with one attached hydrogen (secondary N) is 2. The predicted octanol–water partition coefficient (Wildman–Crippen LogP) is 4.77. The highest BCUT2D eigenvalue weighted by Gasteiger charge is 2.16. The third-order valence-corrected chi connectivity index (χ3v) is 5.62. The van der Waals surface area contributed by atoms with Crippen molar-refractivity contribution in [1.29, 1.82) is 0 Å². The zero-order valence-electron chi connectivity index (χ0n) is 17.5. The van der Waals surface area contributed by atoms with E-state index in [4.69, 9.17) is 9.84 Å². The Kier molecular flexibility index (Phi) is 7.51. The van der Waals surface area contributed by atoms with Gasteiger partial charge in [-0.2, -0.15) is 0 Å². The van der Waals surface area contributed by atoms with Gasteiger partial charge in [0.25, 0.3) is 5.91 Å². The fraction of sp³-hybridized carbons (Fsp3) is 0.125. The number of hydrogen-bond donors (Lipinski definition) is 3. The first-order chi connectivity index (χ1) is 15.4. The summed E-state index contributed by atoms with van der Waals surface area (Å²) in [6.45, 7) is 1.76. The van der Waals surface area contributed by atoms with Gasteiger partial charge in [0.05, 0.1) is 17.9 Å². The number of anilines is 2. The Morgan fingerprint density at radius 1 is 0.875 bits per heavy atom. The molecule has 0 aliphatic carbocycles. The monoisotopic (exact) mass is 450 g/mol. The van der Waals surface area contributed by atoms with Crippen LogP contribution in [0.15, 0.2) is 77.7 Å². The van der Waals surface area contributed by atoms with Crippen LogP contribution in [0, 0.1) is 0 Å². The van der Waals surface area contributed by atoms with Crippen LogP contribution in [0.5, 0.6) is 5.75 Å². The second-order valence-electron chi connectivity index (χ2n) is 6.85. The van der Waals surface area contributed by atoms with Crippen molar-refractivity contribution in [2.45, 2.75) is 17.1 Å². The molecule has 32 heavy (non-hydrogen) atoms. The molecule has 1 atom stereocenters. The molecule has 0 spiro atoms. The molecular weight excluding hydrogens is 428 g/mol. The van der Waals surface area contributed by atoms with E-state index in [2.05, 4.69) is 10.6 Å². The molecule has 0 fully saturated rings. The molecule has 0 saturated heterocycles. The number of benzene rings is 3. The van der Waals surface area contributed by atoms with E-state index >= 15 is 0 Å². The molecule has 0 heterocycles. The Morgan fingerprint density at radius 2 is 1.56 bits per heavy atom. The van der Waals surface area contributed by atoms with E-state index in [1.165, 1.54) is 23.9 Å². The smallest absolute Gasteiger partial charge is 0.335 e. The summed E-state index contributed by atoms with van der Waals surface area (Å²) < 4.78 is 5.14. The van der Waals surface area contributed by atoms with Crippen molar-refractivity contribution in [3.63, 3.8) is 0 Å². The van der Waals surface area contributed by atoms with Gasteiger partial charge in [0.1, 0.15) is 5.75 Å². The van der Waals surface area contributed by atoms with Gasteiger partial charge in [-0.25, -0.2) is 4.79 Å². The van der Waals surface area contributed by atoms with Gasteiger partial charge < -0.3 is 20.5 Å². The number of carboxylic acid groups (broad SMARTS) is 1. The molecule has 7 nitrogen and oxygen atoms in total. The zero-order valence-corrected chi connectivity index (χ0v) is 18.3. The van der Waals surface area contributed by atoms with Crippen LogP contribution in [0.2, 0.25) is 0 Å². The van der Waals surface area contributed by atoms with Crippen LogP contribution < -0.4 is 15.4 Å². The van der Waals surface area contributed by atoms with Crippen molar-refractivity contribution in [1.82, 2.24) is 0 Å². The molecule has 0 aromatic heterocycles. The van der Waals surface area contributed by atoms with Crippen molar-refractivity contribution < 1.29 is 24.2 Å². The lowest BCUT2D eigenvalue weighted by atomic mass is 10.2. The summed E-state index contributed by atoms with van der Waals surface area (Å²) in [5, 5.41) is 14.2. The van der Waals surface area contributed by atoms with Gasteiger partial charge in [-0.15, -0.1) is 11.8 Å². The van der Waals surface area contributed by atoms with Gasteiger partial charge in [-0.05, 0) is 67.6 Å². The van der Waals surface area contributed by atoms with Gasteiger partial charge >= 0.3 is 5.97 Å². The van der Waals surface area contributed by atoms with E-state index < -0.39 is 11.2 Å². The van der Waals surface area contributed by atoms with Crippen molar-refractivity contribution in [2.75, 3.05) is 17.7 Å². The van der Waals surface area contributed by atoms with Crippen LogP contribution in [0.25, 0.3) is 0 Å². The minimum Gasteiger partial charge on any atom is -0.497 e. The normalized spacial score (nSPS) is 11.3. The first-order valence-corrected chi connectivity index (χ1v) is 10.6. The summed E-state index contributed by atoms with van der Waals surface area (Å²) in [6, 6.07) is 20.1. The maximum Gasteiger partial charge on any atom is 0.335 e. The molecule has 3 rings (SSSR count). The van der Waals surface area contributed by atoms with Crippen LogP contribution in [-0.4, -0.2) is 35.2 Å². The topological polar surface area (TPSA) is 105 Å². The Labute approximate surface area is 189 Å². The van der Waals surface area contributed by atoms with Crippen molar-refractivity contribution in [3.05, 3.63) is 83.9 Å². The summed E-state index contributed by atoms with van der Waals surface area (Å²) in [6.07, 6.45) is 0. The van der Waals surface area contributed by atoms with E-state index in [0.717, 1.165) is 4.90 Å². The van der Waals surface area contributed by atoms with Gasteiger partial charge in [0, 0.05) is 21.8 Å². The SMILES string of the molecule is COc1cccc(C(=O)Nc2ccc(SC(C)C(=O)Nc3cccc(C(=O)O)c3)cc2)c1. The highest BCUT2D eigenvalue weighted by atomic mass is 32.2. The van der Waals surface area contributed by atoms with Crippen LogP contribution in [0.4, 0.5) is 11.4 Å². The van der Waals surface area contributed by atoms with Gasteiger partial charge in [0.2, 0.25) is 5.91 Å². The molecule has 2 amide bonds. The lowest BCUT2D eigenvalue weighted by molar-refractivity contribution is -0.115. The average Bonchev–Trinajstić information content (AvgIpc) is 2.80. The maximum atomic E-state index is 12.5. The molecule has 1 unspecified atom stereocenters. The first kappa shape index (κ1) is 22.9. The molecule has 164 valence electrons. The largest absolute Gasteiger partial charge is 0.497 e. The van der Waals surface area contributed by atoms with Gasteiger partial charge in [-0.3, -0.25) is 9.59 Å². The lowest BCUT2D eigenvalue weighted by Gasteiger charge is -2.13. The molecule has 8 heteroatoms. The average molecular weight is 451 g/mol. The van der Waals surface area contributed by atoms with Gasteiger partial charge in [0.15, 0.2) is 0 Å². The van der Waals surface area contributed by atoms with Gasteiger partial charge in [-0.1, -0.05) is 12.1 Å². The van der Waals surface area contributed by atoms with Crippen LogP contribution >= 0.6 is 11.8 Å². The van der Waals surface area contributed by atoms with Crippen molar-refractivity contribution in [3.8, 4) is 5.75 Å².